The fourth-order valence-electron chi connectivity index (χ4n) is 3.41. The van der Waals surface area contributed by atoms with Gasteiger partial charge in [0.2, 0.25) is 5.95 Å². The first kappa shape index (κ1) is 21.7. The highest BCUT2D eigenvalue weighted by molar-refractivity contribution is 7.91. The molecule has 0 aliphatic carbocycles. The highest BCUT2D eigenvalue weighted by atomic mass is 32.2. The van der Waals surface area contributed by atoms with Crippen molar-refractivity contribution in [2.45, 2.75) is 30.4 Å². The SMILES string of the molecule is Cc1ccc(Nc2nccc(-c3ccc(S(=O)(=O)N4CCCCC4)s3)n2)cc1N([O-])O. The number of nitrogens with one attached hydrogen (secondary N) is 1. The number of sulfonamides is 1. The molecule has 3 aromatic rings. The van der Waals surface area contributed by atoms with Gasteiger partial charge in [0.05, 0.1) is 16.3 Å². The van der Waals surface area contributed by atoms with Crippen LogP contribution in [0.1, 0.15) is 24.8 Å². The molecule has 1 aromatic carbocycles. The Bertz CT molecular complexity index is 1170. The van der Waals surface area contributed by atoms with Crippen molar-refractivity contribution in [3.63, 3.8) is 0 Å². The second kappa shape index (κ2) is 8.89. The van der Waals surface area contributed by atoms with Crippen molar-refractivity contribution in [2.75, 3.05) is 23.6 Å². The van der Waals surface area contributed by atoms with Crippen molar-refractivity contribution in [3.8, 4) is 10.6 Å². The van der Waals surface area contributed by atoms with Crippen molar-refractivity contribution < 1.29 is 13.6 Å². The summed E-state index contributed by atoms with van der Waals surface area (Å²) in [4.78, 5) is 9.37. The van der Waals surface area contributed by atoms with Crippen LogP contribution >= 0.6 is 11.3 Å². The molecule has 164 valence electrons. The zero-order chi connectivity index (χ0) is 22.0. The number of nitrogens with zero attached hydrogens (tertiary/aromatic N) is 4. The number of benzene rings is 1. The molecule has 2 aromatic heterocycles. The second-order valence-corrected chi connectivity index (χ2v) is 10.5. The highest BCUT2D eigenvalue weighted by Crippen LogP contribution is 2.33. The van der Waals surface area contributed by atoms with Crippen LogP contribution in [0.15, 0.2) is 46.8 Å². The molecular formula is C20H22N5O4S2-. The van der Waals surface area contributed by atoms with Gasteiger partial charge < -0.3 is 15.8 Å². The number of aromatic nitrogens is 2. The third kappa shape index (κ3) is 4.70. The first-order valence-electron chi connectivity index (χ1n) is 9.82. The van der Waals surface area contributed by atoms with E-state index in [9.17, 15) is 18.8 Å². The molecule has 0 spiro atoms. The van der Waals surface area contributed by atoms with Crippen LogP contribution in [0.3, 0.4) is 0 Å². The van der Waals surface area contributed by atoms with E-state index >= 15 is 0 Å². The summed E-state index contributed by atoms with van der Waals surface area (Å²) < 4.78 is 27.6. The Balaban J connectivity index is 1.56. The van der Waals surface area contributed by atoms with E-state index in [1.807, 2.05) is 0 Å². The van der Waals surface area contributed by atoms with E-state index < -0.39 is 10.0 Å². The van der Waals surface area contributed by atoms with Crippen LogP contribution in [0.5, 0.6) is 0 Å². The predicted octanol–water partition coefficient (Wildman–Crippen LogP) is 4.13. The van der Waals surface area contributed by atoms with E-state index in [0.717, 1.165) is 19.3 Å². The molecule has 0 atom stereocenters. The second-order valence-electron chi connectivity index (χ2n) is 7.25. The van der Waals surface area contributed by atoms with Gasteiger partial charge in [-0.25, -0.2) is 18.4 Å². The molecule has 0 bridgehead atoms. The molecular weight excluding hydrogens is 438 g/mol. The molecule has 9 nitrogen and oxygen atoms in total. The van der Waals surface area contributed by atoms with Crippen LogP contribution in [0.2, 0.25) is 0 Å². The van der Waals surface area contributed by atoms with Crippen molar-refractivity contribution in [2.24, 2.45) is 0 Å². The molecule has 1 aliphatic rings. The first-order chi connectivity index (χ1) is 14.8. The summed E-state index contributed by atoms with van der Waals surface area (Å²) in [5.41, 5.74) is 1.86. The lowest BCUT2D eigenvalue weighted by molar-refractivity contribution is 0.296. The van der Waals surface area contributed by atoms with Gasteiger partial charge in [0.25, 0.3) is 10.0 Å². The molecule has 0 unspecified atom stereocenters. The standard InChI is InChI=1S/C20H22N5O4S2/c1-14-5-6-15(13-17(14)25(26)27)22-20-21-10-9-16(23-20)18-7-8-19(30-18)31(28,29)24-11-3-2-4-12-24/h5-10,13,26H,2-4,11-12H2,1H3,(H,21,22,23)/q-1. The highest BCUT2D eigenvalue weighted by Gasteiger charge is 2.27. The summed E-state index contributed by atoms with van der Waals surface area (Å²) in [6, 6.07) is 10.0. The van der Waals surface area contributed by atoms with E-state index in [4.69, 9.17) is 0 Å². The smallest absolute Gasteiger partial charge is 0.252 e. The Kier molecular flexibility index (Phi) is 6.21. The minimum absolute atomic E-state index is 0.118. The van der Waals surface area contributed by atoms with E-state index in [2.05, 4.69) is 15.3 Å². The van der Waals surface area contributed by atoms with Crippen LogP contribution in [0.25, 0.3) is 10.6 Å². The van der Waals surface area contributed by atoms with Gasteiger partial charge in [-0.3, -0.25) is 5.21 Å². The largest absolute Gasteiger partial charge is 0.733 e. The fourth-order valence-corrected chi connectivity index (χ4v) is 6.35. The summed E-state index contributed by atoms with van der Waals surface area (Å²) in [7, 11) is -3.49. The summed E-state index contributed by atoms with van der Waals surface area (Å²) >= 11 is 1.18. The fraction of sp³-hybridized carbons (Fsp3) is 0.300. The van der Waals surface area contributed by atoms with Gasteiger partial charge in [0.15, 0.2) is 0 Å². The van der Waals surface area contributed by atoms with Crippen LogP contribution in [0.4, 0.5) is 17.3 Å². The van der Waals surface area contributed by atoms with Crippen molar-refractivity contribution in [1.82, 2.24) is 14.3 Å². The quantitative estimate of drug-likeness (QED) is 0.527. The number of rotatable bonds is 6. The van der Waals surface area contributed by atoms with Gasteiger partial charge in [0.1, 0.15) is 4.21 Å². The number of thiophene rings is 1. The summed E-state index contributed by atoms with van der Waals surface area (Å²) in [6.45, 7) is 2.83. The normalized spacial score (nSPS) is 15.1. The maximum Gasteiger partial charge on any atom is 0.252 e. The van der Waals surface area contributed by atoms with E-state index in [1.54, 1.807) is 47.8 Å². The lowest BCUT2D eigenvalue weighted by Crippen LogP contribution is -2.35. The molecule has 2 N–H and O–H groups in total. The number of aryl methyl sites for hydroxylation is 1. The molecule has 1 saturated heterocycles. The van der Waals surface area contributed by atoms with Gasteiger partial charge >= 0.3 is 0 Å². The van der Waals surface area contributed by atoms with Crippen LogP contribution in [-0.2, 0) is 10.0 Å². The lowest BCUT2D eigenvalue weighted by atomic mass is 10.2. The maximum atomic E-state index is 12.9. The van der Waals surface area contributed by atoms with Crippen molar-refractivity contribution in [1.29, 1.82) is 0 Å². The Morgan fingerprint density at radius 3 is 2.68 bits per heavy atom. The summed E-state index contributed by atoms with van der Waals surface area (Å²) in [5.74, 6) is 0.288. The van der Waals surface area contributed by atoms with Gasteiger partial charge in [-0.05, 0) is 55.7 Å². The molecule has 0 saturated carbocycles. The number of piperidine rings is 1. The minimum atomic E-state index is -3.49. The van der Waals surface area contributed by atoms with Gasteiger partial charge in [-0.2, -0.15) is 4.31 Å². The van der Waals surface area contributed by atoms with Crippen LogP contribution in [-0.4, -0.2) is 41.0 Å². The van der Waals surface area contributed by atoms with Gasteiger partial charge in [-0.1, -0.05) is 12.5 Å². The summed E-state index contributed by atoms with van der Waals surface area (Å²) in [5, 5.41) is 23.3. The lowest BCUT2D eigenvalue weighted by Gasteiger charge is -2.25. The molecule has 31 heavy (non-hydrogen) atoms. The van der Waals surface area contributed by atoms with E-state index in [1.165, 1.54) is 17.4 Å². The average Bonchev–Trinajstić information content (AvgIpc) is 3.27. The third-order valence-corrected chi connectivity index (χ3v) is 8.54. The monoisotopic (exact) mass is 460 g/mol. The average molecular weight is 461 g/mol. The molecule has 3 heterocycles. The van der Waals surface area contributed by atoms with Crippen LogP contribution < -0.4 is 10.5 Å². The predicted molar refractivity (Wildman–Crippen MR) is 120 cm³/mol. The Morgan fingerprint density at radius 1 is 1.16 bits per heavy atom. The number of hydrogen-bond donors (Lipinski definition) is 2. The van der Waals surface area contributed by atoms with Gasteiger partial charge in [-0.15, -0.1) is 11.3 Å². The molecule has 1 fully saturated rings. The molecule has 1 aliphatic heterocycles. The molecule has 0 amide bonds. The van der Waals surface area contributed by atoms with Gasteiger partial charge in [0, 0.05) is 25.0 Å². The van der Waals surface area contributed by atoms with E-state index in [0.29, 0.717) is 39.1 Å². The molecule has 0 radical (unpaired) electrons. The maximum absolute atomic E-state index is 12.9. The first-order valence-corrected chi connectivity index (χ1v) is 12.1. The molecule has 4 rings (SSSR count). The third-order valence-electron chi connectivity index (χ3n) is 5.07. The van der Waals surface area contributed by atoms with Crippen LogP contribution in [0, 0.1) is 12.1 Å². The van der Waals surface area contributed by atoms with E-state index in [-0.39, 0.29) is 16.9 Å². The minimum Gasteiger partial charge on any atom is -0.733 e. The Labute approximate surface area is 184 Å². The Morgan fingerprint density at radius 2 is 1.94 bits per heavy atom. The van der Waals surface area contributed by atoms with Crippen molar-refractivity contribution >= 4 is 38.7 Å². The number of hydrogen-bond acceptors (Lipinski definition) is 9. The Hall–Kier alpha value is -2.57. The zero-order valence-electron chi connectivity index (χ0n) is 16.9. The summed E-state index contributed by atoms with van der Waals surface area (Å²) in [6.07, 6.45) is 4.41. The zero-order valence-corrected chi connectivity index (χ0v) is 18.5. The van der Waals surface area contributed by atoms with Crippen molar-refractivity contribution in [3.05, 3.63) is 53.4 Å². The number of anilines is 3. The molecule has 11 heteroatoms. The topological polar surface area (TPSA) is 122 Å².